The Morgan fingerprint density at radius 3 is 2.54 bits per heavy atom. The highest BCUT2D eigenvalue weighted by Gasteiger charge is 2.32. The molecule has 2 aliphatic heterocycles. The van der Waals surface area contributed by atoms with Crippen LogP contribution in [0.1, 0.15) is 51.0 Å². The number of benzene rings is 1. The molecule has 1 atom stereocenters. The molecule has 2 heterocycles. The van der Waals surface area contributed by atoms with Crippen molar-refractivity contribution in [1.29, 1.82) is 0 Å². The zero-order valence-corrected chi connectivity index (χ0v) is 17.4. The summed E-state index contributed by atoms with van der Waals surface area (Å²) >= 11 is 0. The van der Waals surface area contributed by atoms with Gasteiger partial charge in [-0.15, -0.1) is 0 Å². The second-order valence-corrected chi connectivity index (χ2v) is 8.66. The van der Waals surface area contributed by atoms with E-state index in [9.17, 15) is 0 Å². The SMILES string of the molecule is CCNC(=NCC1CCCN1Cc1ccccc1)NC1CCN(C2CC2)CC1. The molecular weight excluding hydrogens is 346 g/mol. The zero-order valence-electron chi connectivity index (χ0n) is 17.4. The molecular formula is C23H37N5. The molecule has 1 aromatic rings. The number of hydrogen-bond acceptors (Lipinski definition) is 3. The molecule has 2 N–H and O–H groups in total. The van der Waals surface area contributed by atoms with Crippen LogP contribution in [-0.2, 0) is 6.54 Å². The van der Waals surface area contributed by atoms with Crippen LogP contribution in [0.5, 0.6) is 0 Å². The highest BCUT2D eigenvalue weighted by atomic mass is 15.2. The molecule has 1 saturated carbocycles. The summed E-state index contributed by atoms with van der Waals surface area (Å²) in [5.74, 6) is 1.01. The van der Waals surface area contributed by atoms with E-state index in [4.69, 9.17) is 4.99 Å². The van der Waals surface area contributed by atoms with Crippen LogP contribution in [0.4, 0.5) is 0 Å². The number of nitrogens with one attached hydrogen (secondary N) is 2. The molecule has 3 aliphatic rings. The highest BCUT2D eigenvalue weighted by molar-refractivity contribution is 5.80. The van der Waals surface area contributed by atoms with Gasteiger partial charge in [0.05, 0.1) is 6.54 Å². The lowest BCUT2D eigenvalue weighted by atomic mass is 10.1. The molecule has 1 aromatic carbocycles. The molecule has 0 amide bonds. The summed E-state index contributed by atoms with van der Waals surface area (Å²) in [6.07, 6.45) is 7.87. The summed E-state index contributed by atoms with van der Waals surface area (Å²) in [4.78, 5) is 10.3. The standard InChI is InChI=1S/C23H37N5/c1-2-24-23(26-20-12-15-27(16-13-20)21-10-11-21)25-17-22-9-6-14-28(22)18-19-7-4-3-5-8-19/h3-5,7-8,20-22H,2,6,9-18H2,1H3,(H2,24,25,26). The van der Waals surface area contributed by atoms with Crippen LogP contribution in [0.3, 0.4) is 0 Å². The fourth-order valence-corrected chi connectivity index (χ4v) is 4.69. The summed E-state index contributed by atoms with van der Waals surface area (Å²) in [5, 5.41) is 7.19. The maximum atomic E-state index is 4.99. The maximum absolute atomic E-state index is 4.99. The van der Waals surface area contributed by atoms with E-state index in [-0.39, 0.29) is 0 Å². The van der Waals surface area contributed by atoms with Gasteiger partial charge in [-0.3, -0.25) is 9.89 Å². The van der Waals surface area contributed by atoms with Crippen molar-refractivity contribution >= 4 is 5.96 Å². The van der Waals surface area contributed by atoms with Crippen LogP contribution in [0.2, 0.25) is 0 Å². The number of guanidine groups is 1. The van der Waals surface area contributed by atoms with Crippen LogP contribution < -0.4 is 10.6 Å². The molecule has 4 rings (SSSR count). The van der Waals surface area contributed by atoms with Crippen molar-refractivity contribution in [3.05, 3.63) is 35.9 Å². The monoisotopic (exact) mass is 383 g/mol. The number of likely N-dealkylation sites (tertiary alicyclic amines) is 2. The van der Waals surface area contributed by atoms with Crippen molar-refractivity contribution in [2.45, 2.75) is 70.1 Å². The van der Waals surface area contributed by atoms with Gasteiger partial charge in [-0.25, -0.2) is 0 Å². The van der Waals surface area contributed by atoms with Gasteiger partial charge in [-0.05, 0) is 57.6 Å². The topological polar surface area (TPSA) is 42.9 Å². The first kappa shape index (κ1) is 19.7. The Morgan fingerprint density at radius 2 is 1.82 bits per heavy atom. The fraction of sp³-hybridized carbons (Fsp3) is 0.696. The van der Waals surface area contributed by atoms with Crippen molar-refractivity contribution in [2.24, 2.45) is 4.99 Å². The van der Waals surface area contributed by atoms with E-state index in [1.807, 2.05) is 0 Å². The Bertz CT molecular complexity index is 619. The van der Waals surface area contributed by atoms with Gasteiger partial charge in [0.15, 0.2) is 5.96 Å². The summed E-state index contributed by atoms with van der Waals surface area (Å²) in [5.41, 5.74) is 1.41. The number of aliphatic imine (C=N–C) groups is 1. The van der Waals surface area contributed by atoms with Crippen LogP contribution >= 0.6 is 0 Å². The van der Waals surface area contributed by atoms with Crippen molar-refractivity contribution in [1.82, 2.24) is 20.4 Å². The summed E-state index contributed by atoms with van der Waals surface area (Å²) in [6, 6.07) is 12.9. The second-order valence-electron chi connectivity index (χ2n) is 8.66. The van der Waals surface area contributed by atoms with Crippen molar-refractivity contribution < 1.29 is 0 Å². The van der Waals surface area contributed by atoms with Gasteiger partial charge in [0.1, 0.15) is 0 Å². The lowest BCUT2D eigenvalue weighted by Gasteiger charge is -2.33. The first-order valence-corrected chi connectivity index (χ1v) is 11.4. The number of nitrogens with zero attached hydrogens (tertiary/aromatic N) is 3. The van der Waals surface area contributed by atoms with Crippen LogP contribution in [-0.4, -0.2) is 66.6 Å². The normalized spacial score (nSPS) is 25.2. The lowest BCUT2D eigenvalue weighted by Crippen LogP contribution is -2.49. The third kappa shape index (κ3) is 5.48. The smallest absolute Gasteiger partial charge is 0.191 e. The van der Waals surface area contributed by atoms with Crippen LogP contribution in [0.15, 0.2) is 35.3 Å². The van der Waals surface area contributed by atoms with Gasteiger partial charge in [-0.1, -0.05) is 30.3 Å². The van der Waals surface area contributed by atoms with E-state index in [0.717, 1.165) is 31.6 Å². The molecule has 3 fully saturated rings. The van der Waals surface area contributed by atoms with Crippen LogP contribution in [0, 0.1) is 0 Å². The largest absolute Gasteiger partial charge is 0.357 e. The molecule has 5 nitrogen and oxygen atoms in total. The van der Waals surface area contributed by atoms with E-state index in [1.165, 1.54) is 63.7 Å². The van der Waals surface area contributed by atoms with Gasteiger partial charge in [0, 0.05) is 44.3 Å². The van der Waals surface area contributed by atoms with Gasteiger partial charge >= 0.3 is 0 Å². The molecule has 0 spiro atoms. The Balaban J connectivity index is 1.28. The summed E-state index contributed by atoms with van der Waals surface area (Å²) < 4.78 is 0. The Kier molecular flexibility index (Phi) is 6.86. The summed E-state index contributed by atoms with van der Waals surface area (Å²) in [6.45, 7) is 8.70. The third-order valence-corrected chi connectivity index (χ3v) is 6.47. The molecule has 0 radical (unpaired) electrons. The van der Waals surface area contributed by atoms with Gasteiger partial charge in [-0.2, -0.15) is 0 Å². The van der Waals surface area contributed by atoms with Crippen molar-refractivity contribution in [2.75, 3.05) is 32.7 Å². The summed E-state index contributed by atoms with van der Waals surface area (Å²) in [7, 11) is 0. The predicted octanol–water partition coefficient (Wildman–Crippen LogP) is 2.83. The molecule has 2 saturated heterocycles. The van der Waals surface area contributed by atoms with Gasteiger partial charge in [0.2, 0.25) is 0 Å². The third-order valence-electron chi connectivity index (χ3n) is 6.47. The molecule has 0 bridgehead atoms. The van der Waals surface area contributed by atoms with Gasteiger partial charge < -0.3 is 15.5 Å². The van der Waals surface area contributed by atoms with E-state index >= 15 is 0 Å². The minimum atomic E-state index is 0.562. The average molecular weight is 384 g/mol. The molecule has 154 valence electrons. The number of hydrogen-bond donors (Lipinski definition) is 2. The molecule has 1 aliphatic carbocycles. The highest BCUT2D eigenvalue weighted by Crippen LogP contribution is 2.29. The Morgan fingerprint density at radius 1 is 1.04 bits per heavy atom. The fourth-order valence-electron chi connectivity index (χ4n) is 4.69. The number of rotatable bonds is 7. The van der Waals surface area contributed by atoms with E-state index in [0.29, 0.717) is 12.1 Å². The van der Waals surface area contributed by atoms with E-state index in [1.54, 1.807) is 0 Å². The van der Waals surface area contributed by atoms with Crippen LogP contribution in [0.25, 0.3) is 0 Å². The molecule has 5 heteroatoms. The predicted molar refractivity (Wildman–Crippen MR) is 117 cm³/mol. The first-order valence-electron chi connectivity index (χ1n) is 11.4. The Labute approximate surface area is 170 Å². The molecule has 1 unspecified atom stereocenters. The zero-order chi connectivity index (χ0) is 19.2. The van der Waals surface area contributed by atoms with E-state index in [2.05, 4.69) is 57.7 Å². The number of piperidine rings is 1. The molecule has 28 heavy (non-hydrogen) atoms. The van der Waals surface area contributed by atoms with Crippen molar-refractivity contribution in [3.8, 4) is 0 Å². The van der Waals surface area contributed by atoms with E-state index < -0.39 is 0 Å². The first-order chi connectivity index (χ1) is 13.8. The maximum Gasteiger partial charge on any atom is 0.191 e. The minimum Gasteiger partial charge on any atom is -0.357 e. The minimum absolute atomic E-state index is 0.562. The quantitative estimate of drug-likeness (QED) is 0.561. The Hall–Kier alpha value is -1.59. The lowest BCUT2D eigenvalue weighted by molar-refractivity contribution is 0.197. The second kappa shape index (κ2) is 9.75. The van der Waals surface area contributed by atoms with Gasteiger partial charge in [0.25, 0.3) is 0 Å². The van der Waals surface area contributed by atoms with Crippen molar-refractivity contribution in [3.63, 3.8) is 0 Å². The molecule has 0 aromatic heterocycles. The average Bonchev–Trinajstić information content (AvgIpc) is 3.48.